The van der Waals surface area contributed by atoms with Crippen molar-refractivity contribution in [2.24, 2.45) is 0 Å². The second-order valence-electron chi connectivity index (χ2n) is 3.30. The minimum Gasteiger partial charge on any atom is -0.478 e. The Bertz CT molecular complexity index is 379. The molecule has 2 nitrogen and oxygen atoms in total. The van der Waals surface area contributed by atoms with Gasteiger partial charge < -0.3 is 5.11 Å². The smallest absolute Gasteiger partial charge is 0.416 e. The van der Waals surface area contributed by atoms with Crippen molar-refractivity contribution in [3.63, 3.8) is 0 Å². The van der Waals surface area contributed by atoms with Crippen LogP contribution in [-0.2, 0) is 4.79 Å². The highest BCUT2D eigenvalue weighted by Crippen LogP contribution is 2.35. The maximum absolute atomic E-state index is 13.7. The molecule has 0 aliphatic heterocycles. The van der Waals surface area contributed by atoms with Crippen LogP contribution in [0, 0.1) is 0 Å². The summed E-state index contributed by atoms with van der Waals surface area (Å²) in [6, 6.07) is 0. The van der Waals surface area contributed by atoms with Crippen LogP contribution in [0.3, 0.4) is 0 Å². The monoisotopic (exact) mass is 236 g/mol. The van der Waals surface area contributed by atoms with Gasteiger partial charge in [-0.15, -0.1) is 0 Å². The van der Waals surface area contributed by atoms with Crippen LogP contribution in [0.1, 0.15) is 6.42 Å². The normalized spacial score (nSPS) is 25.9. The van der Waals surface area contributed by atoms with Gasteiger partial charge in [0.1, 0.15) is 0 Å². The molecule has 1 atom stereocenters. The minimum atomic E-state index is -4.63. The van der Waals surface area contributed by atoms with Crippen molar-refractivity contribution in [2.75, 3.05) is 0 Å². The second-order valence-corrected chi connectivity index (χ2v) is 3.30. The van der Waals surface area contributed by atoms with Crippen LogP contribution in [0.4, 0.5) is 17.6 Å². The fraction of sp³-hybridized carbons (Fsp3) is 0.300. The Morgan fingerprint density at radius 2 is 2.12 bits per heavy atom. The number of carboxylic acids is 1. The molecule has 1 aliphatic carbocycles. The maximum atomic E-state index is 13.7. The maximum Gasteiger partial charge on any atom is 0.416 e. The summed E-state index contributed by atoms with van der Waals surface area (Å²) in [4.78, 5) is 10.1. The molecule has 16 heavy (non-hydrogen) atoms. The molecule has 0 spiro atoms. The van der Waals surface area contributed by atoms with Gasteiger partial charge in [0.25, 0.3) is 0 Å². The Labute approximate surface area is 88.6 Å². The molecule has 0 fully saturated rings. The van der Waals surface area contributed by atoms with Crippen molar-refractivity contribution in [3.8, 4) is 0 Å². The summed E-state index contributed by atoms with van der Waals surface area (Å²) in [5, 5.41) is 8.27. The topological polar surface area (TPSA) is 37.3 Å². The van der Waals surface area contributed by atoms with Gasteiger partial charge in [0.2, 0.25) is 0 Å². The Hall–Kier alpha value is -1.59. The van der Waals surface area contributed by atoms with E-state index in [1.807, 2.05) is 0 Å². The molecule has 1 unspecified atom stereocenters. The average Bonchev–Trinajstić information content (AvgIpc) is 2.14. The van der Waals surface area contributed by atoms with E-state index < -0.39 is 23.4 Å². The number of alkyl halides is 4. The fourth-order valence-corrected chi connectivity index (χ4v) is 1.23. The number of carbonyl (C=O) groups is 1. The van der Waals surface area contributed by atoms with Gasteiger partial charge >= 0.3 is 12.1 Å². The van der Waals surface area contributed by atoms with E-state index in [-0.39, 0.29) is 6.42 Å². The van der Waals surface area contributed by atoms with E-state index in [2.05, 4.69) is 0 Å². The average molecular weight is 236 g/mol. The summed E-state index contributed by atoms with van der Waals surface area (Å²) in [5.41, 5.74) is -3.51. The molecule has 0 aromatic heterocycles. The first-order valence-electron chi connectivity index (χ1n) is 4.31. The van der Waals surface area contributed by atoms with Crippen molar-refractivity contribution in [3.05, 3.63) is 36.0 Å². The van der Waals surface area contributed by atoms with Crippen LogP contribution < -0.4 is 0 Å². The molecule has 1 aliphatic rings. The standard InChI is InChI=1S/C10H8F4O2/c11-9(5-3-8(15)16)4-1-2-7(6-9)10(12,13)14/h1-3,5-6H,4H2,(H,15,16). The van der Waals surface area contributed by atoms with Crippen molar-refractivity contribution >= 4 is 5.97 Å². The zero-order valence-corrected chi connectivity index (χ0v) is 7.96. The molecule has 0 radical (unpaired) electrons. The number of rotatable bonds is 2. The number of hydrogen-bond acceptors (Lipinski definition) is 1. The van der Waals surface area contributed by atoms with Crippen molar-refractivity contribution < 1.29 is 27.5 Å². The van der Waals surface area contributed by atoms with E-state index in [0.29, 0.717) is 18.2 Å². The van der Waals surface area contributed by atoms with Gasteiger partial charge in [-0.3, -0.25) is 0 Å². The molecule has 0 amide bonds. The Kier molecular flexibility index (Phi) is 3.21. The van der Waals surface area contributed by atoms with Gasteiger partial charge in [-0.2, -0.15) is 13.2 Å². The molecule has 88 valence electrons. The lowest BCUT2D eigenvalue weighted by atomic mass is 9.92. The largest absolute Gasteiger partial charge is 0.478 e. The third kappa shape index (κ3) is 3.22. The fourth-order valence-electron chi connectivity index (χ4n) is 1.23. The number of aliphatic carboxylic acids is 1. The first-order valence-corrected chi connectivity index (χ1v) is 4.31. The highest BCUT2D eigenvalue weighted by molar-refractivity contribution is 5.80. The molecule has 0 saturated carbocycles. The Morgan fingerprint density at radius 1 is 1.50 bits per heavy atom. The van der Waals surface area contributed by atoms with E-state index >= 15 is 0 Å². The van der Waals surface area contributed by atoms with Crippen molar-refractivity contribution in [1.29, 1.82) is 0 Å². The lowest BCUT2D eigenvalue weighted by Gasteiger charge is -2.21. The van der Waals surface area contributed by atoms with E-state index in [1.165, 1.54) is 0 Å². The van der Waals surface area contributed by atoms with Gasteiger partial charge in [-0.1, -0.05) is 12.2 Å². The highest BCUT2D eigenvalue weighted by atomic mass is 19.4. The lowest BCUT2D eigenvalue weighted by molar-refractivity contribution is -0.131. The molecule has 0 aromatic rings. The molecule has 0 bridgehead atoms. The molecule has 1 N–H and O–H groups in total. The van der Waals surface area contributed by atoms with Crippen molar-refractivity contribution in [1.82, 2.24) is 0 Å². The first-order chi connectivity index (χ1) is 7.23. The summed E-state index contributed by atoms with van der Waals surface area (Å²) in [5.74, 6) is -1.41. The predicted octanol–water partition coefficient (Wildman–Crippen LogP) is 2.78. The Balaban J connectivity index is 2.97. The van der Waals surface area contributed by atoms with Gasteiger partial charge in [0.05, 0.1) is 5.57 Å². The minimum absolute atomic E-state index is 0.309. The van der Waals surface area contributed by atoms with Gasteiger partial charge in [-0.25, -0.2) is 9.18 Å². The van der Waals surface area contributed by atoms with E-state index in [0.717, 1.165) is 12.2 Å². The first kappa shape index (κ1) is 12.5. The molecule has 0 aromatic carbocycles. The van der Waals surface area contributed by atoms with E-state index in [1.54, 1.807) is 0 Å². The van der Waals surface area contributed by atoms with Crippen LogP contribution in [0.2, 0.25) is 0 Å². The van der Waals surface area contributed by atoms with E-state index in [9.17, 15) is 22.4 Å². The van der Waals surface area contributed by atoms with Gasteiger partial charge in [-0.05, 0) is 12.2 Å². The quantitative estimate of drug-likeness (QED) is 0.591. The number of hydrogen-bond donors (Lipinski definition) is 1. The van der Waals surface area contributed by atoms with Crippen LogP contribution in [0.25, 0.3) is 0 Å². The van der Waals surface area contributed by atoms with Crippen LogP contribution in [0.5, 0.6) is 0 Å². The second kappa shape index (κ2) is 4.11. The van der Waals surface area contributed by atoms with E-state index in [4.69, 9.17) is 5.11 Å². The summed E-state index contributed by atoms with van der Waals surface area (Å²) < 4.78 is 50.5. The molecule has 0 saturated heterocycles. The summed E-state index contributed by atoms with van der Waals surface area (Å²) >= 11 is 0. The van der Waals surface area contributed by atoms with Gasteiger partial charge in [0.15, 0.2) is 5.67 Å². The molecule has 0 heterocycles. The third-order valence-corrected chi connectivity index (χ3v) is 1.95. The zero-order chi connectivity index (χ0) is 12.4. The van der Waals surface area contributed by atoms with Crippen LogP contribution in [0.15, 0.2) is 36.0 Å². The van der Waals surface area contributed by atoms with Gasteiger partial charge in [0, 0.05) is 12.5 Å². The molecule has 1 rings (SSSR count). The van der Waals surface area contributed by atoms with Crippen LogP contribution >= 0.6 is 0 Å². The SMILES string of the molecule is O=C(O)C=CC1(F)C=C(C(F)(F)F)C=CC1. The zero-order valence-electron chi connectivity index (χ0n) is 7.96. The third-order valence-electron chi connectivity index (χ3n) is 1.95. The lowest BCUT2D eigenvalue weighted by Crippen LogP contribution is -2.23. The van der Waals surface area contributed by atoms with Crippen molar-refractivity contribution in [2.45, 2.75) is 18.3 Å². The highest BCUT2D eigenvalue weighted by Gasteiger charge is 2.37. The molecule has 6 heteroatoms. The summed E-state index contributed by atoms with van der Waals surface area (Å²) in [7, 11) is 0. The molecular weight excluding hydrogens is 228 g/mol. The number of carboxylic acid groups (broad SMARTS) is 1. The Morgan fingerprint density at radius 3 is 2.62 bits per heavy atom. The summed E-state index contributed by atoms with van der Waals surface area (Å²) in [6.45, 7) is 0. The molecular formula is C10H8F4O2. The number of allylic oxidation sites excluding steroid dienone is 5. The number of halogens is 4. The predicted molar refractivity (Wildman–Crippen MR) is 48.5 cm³/mol. The van der Waals surface area contributed by atoms with Crippen LogP contribution in [-0.4, -0.2) is 22.9 Å². The summed E-state index contributed by atoms with van der Waals surface area (Å²) in [6.07, 6.45) is -1.68.